The zero-order valence-corrected chi connectivity index (χ0v) is 15.2. The highest BCUT2D eigenvalue weighted by atomic mass is 16.5. The van der Waals surface area contributed by atoms with E-state index < -0.39 is 11.9 Å². The molecule has 0 radical (unpaired) electrons. The quantitative estimate of drug-likeness (QED) is 0.901. The Kier molecular flexibility index (Phi) is 5.12. The molecule has 0 spiro atoms. The van der Waals surface area contributed by atoms with Crippen LogP contribution in [0.2, 0.25) is 0 Å². The van der Waals surface area contributed by atoms with Crippen LogP contribution in [0.3, 0.4) is 0 Å². The fourth-order valence-corrected chi connectivity index (χ4v) is 3.21. The summed E-state index contributed by atoms with van der Waals surface area (Å²) in [4.78, 5) is 11.7. The lowest BCUT2D eigenvalue weighted by atomic mass is 9.86. The third kappa shape index (κ3) is 3.80. The Hall–Kier alpha value is -3.01. The molecule has 1 aliphatic rings. The van der Waals surface area contributed by atoms with Gasteiger partial charge in [-0.05, 0) is 32.4 Å². The molecule has 1 heterocycles. The topological polar surface area (TPSA) is 61.4 Å². The monoisotopic (exact) mass is 348 g/mol. The number of ether oxygens (including phenoxy) is 1. The fourth-order valence-electron chi connectivity index (χ4n) is 3.21. The molecule has 3 rings (SSSR count). The van der Waals surface area contributed by atoms with Crippen LogP contribution in [0.25, 0.3) is 0 Å². The maximum Gasteiger partial charge on any atom is 0.123 e. The summed E-state index contributed by atoms with van der Waals surface area (Å²) in [5.41, 5.74) is 4.83. The second-order valence-electron chi connectivity index (χ2n) is 6.59. The van der Waals surface area contributed by atoms with Crippen molar-refractivity contribution >= 4 is 5.97 Å². The van der Waals surface area contributed by atoms with E-state index in [-0.39, 0.29) is 5.57 Å². The molecule has 26 heavy (non-hydrogen) atoms. The summed E-state index contributed by atoms with van der Waals surface area (Å²) in [5, 5.41) is 14.8. The van der Waals surface area contributed by atoms with Crippen LogP contribution in [0.4, 0.5) is 0 Å². The number of carboxylic acid groups (broad SMARTS) is 1. The lowest BCUT2D eigenvalue weighted by Crippen LogP contribution is -2.33. The number of hydrogen-bond donors (Lipinski definition) is 1. The molecule has 4 nitrogen and oxygen atoms in total. The Morgan fingerprint density at radius 3 is 2.46 bits per heavy atom. The van der Waals surface area contributed by atoms with Crippen molar-refractivity contribution < 1.29 is 14.6 Å². The van der Waals surface area contributed by atoms with Crippen molar-refractivity contribution in [2.45, 2.75) is 33.3 Å². The van der Waals surface area contributed by atoms with Gasteiger partial charge in [0.2, 0.25) is 0 Å². The van der Waals surface area contributed by atoms with Crippen molar-refractivity contribution in [1.29, 1.82) is 0 Å². The van der Waals surface area contributed by atoms with Crippen molar-refractivity contribution in [2.24, 2.45) is 0 Å². The Morgan fingerprint density at radius 1 is 1.08 bits per heavy atom. The van der Waals surface area contributed by atoms with Gasteiger partial charge in [0.1, 0.15) is 12.4 Å². The van der Waals surface area contributed by atoms with Gasteiger partial charge in [0.15, 0.2) is 0 Å². The van der Waals surface area contributed by atoms with Crippen molar-refractivity contribution in [2.75, 3.05) is 0 Å². The first-order chi connectivity index (χ1) is 12.5. The number of aliphatic carboxylic acids is 1. The minimum atomic E-state index is -1.17. The molecular formula is C22H22NO3-. The molecule has 4 heteroatoms. The zero-order chi connectivity index (χ0) is 18.7. The normalized spacial score (nSPS) is 16.7. The van der Waals surface area contributed by atoms with Gasteiger partial charge in [-0.3, -0.25) is 0 Å². The van der Waals surface area contributed by atoms with E-state index in [1.54, 1.807) is 6.92 Å². The maximum absolute atomic E-state index is 11.7. The largest absolute Gasteiger partial charge is 0.545 e. The summed E-state index contributed by atoms with van der Waals surface area (Å²) in [7, 11) is 0. The lowest BCUT2D eigenvalue weighted by molar-refractivity contribution is -0.299. The SMILES string of the molecule is CC1=CC(c2ccccc2OCc2ccc(C)cc2)C(C(=O)[O-])=C(C)N1. The second-order valence-corrected chi connectivity index (χ2v) is 6.59. The molecular weight excluding hydrogens is 326 g/mol. The highest BCUT2D eigenvalue weighted by molar-refractivity contribution is 5.89. The first-order valence-corrected chi connectivity index (χ1v) is 8.60. The van der Waals surface area contributed by atoms with Gasteiger partial charge in [0.05, 0.1) is 5.97 Å². The van der Waals surface area contributed by atoms with Crippen LogP contribution in [-0.2, 0) is 11.4 Å². The Bertz CT molecular complexity index is 879. The molecule has 1 atom stereocenters. The van der Waals surface area contributed by atoms with Gasteiger partial charge in [-0.25, -0.2) is 0 Å². The first kappa shape index (κ1) is 17.8. The van der Waals surface area contributed by atoms with Gasteiger partial charge in [0, 0.05) is 28.4 Å². The zero-order valence-electron chi connectivity index (χ0n) is 15.2. The summed E-state index contributed by atoms with van der Waals surface area (Å²) in [6, 6.07) is 15.7. The molecule has 0 saturated carbocycles. The Balaban J connectivity index is 1.92. The predicted molar refractivity (Wildman–Crippen MR) is 99.3 cm³/mol. The number of nitrogens with one attached hydrogen (secondary N) is 1. The molecule has 2 aromatic rings. The molecule has 0 aromatic heterocycles. The molecule has 0 saturated heterocycles. The van der Waals surface area contributed by atoms with E-state index in [0.29, 0.717) is 18.1 Å². The predicted octanol–water partition coefficient (Wildman–Crippen LogP) is 3.19. The average Bonchev–Trinajstić information content (AvgIpc) is 2.60. The van der Waals surface area contributed by atoms with Crippen LogP contribution in [0.1, 0.15) is 36.5 Å². The van der Waals surface area contributed by atoms with Crippen molar-refractivity contribution in [3.63, 3.8) is 0 Å². The number of rotatable bonds is 5. The Morgan fingerprint density at radius 2 is 1.77 bits per heavy atom. The molecule has 2 aromatic carbocycles. The maximum atomic E-state index is 11.7. The number of carbonyl (C=O) groups is 1. The van der Waals surface area contributed by atoms with E-state index in [2.05, 4.69) is 5.32 Å². The van der Waals surface area contributed by atoms with Gasteiger partial charge in [-0.15, -0.1) is 0 Å². The van der Waals surface area contributed by atoms with Crippen LogP contribution < -0.4 is 15.2 Å². The second kappa shape index (κ2) is 7.48. The average molecular weight is 348 g/mol. The van der Waals surface area contributed by atoms with E-state index >= 15 is 0 Å². The number of benzene rings is 2. The highest BCUT2D eigenvalue weighted by Gasteiger charge is 2.24. The number of dihydropyridines is 1. The summed E-state index contributed by atoms with van der Waals surface area (Å²) >= 11 is 0. The molecule has 0 bridgehead atoms. The van der Waals surface area contributed by atoms with Gasteiger partial charge in [-0.1, -0.05) is 54.1 Å². The molecule has 1 N–H and O–H groups in total. The van der Waals surface area contributed by atoms with E-state index in [9.17, 15) is 9.90 Å². The van der Waals surface area contributed by atoms with Gasteiger partial charge >= 0.3 is 0 Å². The van der Waals surface area contributed by atoms with E-state index in [4.69, 9.17) is 4.74 Å². The Labute approximate surface area is 153 Å². The van der Waals surface area contributed by atoms with Crippen LogP contribution in [0.5, 0.6) is 5.75 Å². The van der Waals surface area contributed by atoms with Crippen LogP contribution in [0, 0.1) is 6.92 Å². The van der Waals surface area contributed by atoms with Crippen molar-refractivity contribution in [3.05, 3.63) is 88.3 Å². The van der Waals surface area contributed by atoms with Crippen LogP contribution >= 0.6 is 0 Å². The van der Waals surface area contributed by atoms with Gasteiger partial charge in [0.25, 0.3) is 0 Å². The summed E-state index contributed by atoms with van der Waals surface area (Å²) < 4.78 is 6.03. The number of carboxylic acids is 1. The number of para-hydroxylation sites is 1. The third-order valence-corrected chi connectivity index (χ3v) is 4.51. The molecule has 0 fully saturated rings. The summed E-state index contributed by atoms with van der Waals surface area (Å²) in [6.45, 7) is 6.14. The summed E-state index contributed by atoms with van der Waals surface area (Å²) in [6.07, 6.45) is 1.90. The van der Waals surface area contributed by atoms with E-state index in [1.807, 2.05) is 68.5 Å². The van der Waals surface area contributed by atoms with Crippen LogP contribution in [0.15, 0.2) is 71.6 Å². The van der Waals surface area contributed by atoms with Crippen molar-refractivity contribution in [3.8, 4) is 5.75 Å². The van der Waals surface area contributed by atoms with E-state index in [0.717, 1.165) is 16.8 Å². The molecule has 1 aliphatic heterocycles. The standard InChI is InChI=1S/C22H23NO3/c1-14-8-10-17(11-9-14)13-26-20-7-5-4-6-18(20)19-12-15(2)23-16(3)21(19)22(24)25/h4-12,19,23H,13H2,1-3H3,(H,24,25)/p-1. The minimum absolute atomic E-state index is 0.238. The summed E-state index contributed by atoms with van der Waals surface area (Å²) in [5.74, 6) is -0.900. The molecule has 1 unspecified atom stereocenters. The number of aryl methyl sites for hydroxylation is 1. The number of carbonyl (C=O) groups excluding carboxylic acids is 1. The number of allylic oxidation sites excluding steroid dienone is 3. The van der Waals surface area contributed by atoms with Crippen molar-refractivity contribution in [1.82, 2.24) is 5.32 Å². The van der Waals surface area contributed by atoms with E-state index in [1.165, 1.54) is 5.56 Å². The van der Waals surface area contributed by atoms with Gasteiger partial charge in [-0.2, -0.15) is 0 Å². The molecule has 134 valence electrons. The lowest BCUT2D eigenvalue weighted by Gasteiger charge is -2.28. The number of hydrogen-bond acceptors (Lipinski definition) is 4. The molecule has 0 amide bonds. The smallest absolute Gasteiger partial charge is 0.123 e. The minimum Gasteiger partial charge on any atom is -0.545 e. The van der Waals surface area contributed by atoms with Crippen LogP contribution in [-0.4, -0.2) is 5.97 Å². The third-order valence-electron chi connectivity index (χ3n) is 4.51. The van der Waals surface area contributed by atoms with Gasteiger partial charge < -0.3 is 20.0 Å². The molecule has 0 aliphatic carbocycles. The first-order valence-electron chi connectivity index (χ1n) is 8.60. The fraction of sp³-hybridized carbons (Fsp3) is 0.227. The highest BCUT2D eigenvalue weighted by Crippen LogP contribution is 2.37.